The molecule has 0 aromatic heterocycles. The molecule has 0 saturated carbocycles. The third-order valence-electron chi connectivity index (χ3n) is 5.64. The van der Waals surface area contributed by atoms with Crippen molar-refractivity contribution in [1.29, 1.82) is 0 Å². The number of amides is 3. The lowest BCUT2D eigenvalue weighted by molar-refractivity contribution is -0.144. The van der Waals surface area contributed by atoms with Crippen LogP contribution in [0.3, 0.4) is 0 Å². The minimum Gasteiger partial charge on any atom is -0.480 e. The van der Waals surface area contributed by atoms with Gasteiger partial charge >= 0.3 is 5.97 Å². The Labute approximate surface area is 203 Å². The molecule has 1 aliphatic rings. The van der Waals surface area contributed by atoms with Gasteiger partial charge < -0.3 is 20.6 Å². The summed E-state index contributed by atoms with van der Waals surface area (Å²) in [5.74, 6) is -2.00. The first-order valence-electron chi connectivity index (χ1n) is 11.2. The quantitative estimate of drug-likeness (QED) is 0.504. The Morgan fingerprint density at radius 2 is 1.71 bits per heavy atom. The number of carboxylic acids is 1. The fourth-order valence-electron chi connectivity index (χ4n) is 3.85. The molecule has 2 aromatic carbocycles. The molecule has 1 unspecified atom stereocenters. The number of carbonyl (C=O) groups excluding carboxylic acids is 3. The van der Waals surface area contributed by atoms with E-state index in [9.17, 15) is 24.3 Å². The number of nitrogens with zero attached hydrogens (tertiary/aromatic N) is 1. The number of carboxylic acid groups (broad SMARTS) is 1. The second kappa shape index (κ2) is 12.2. The smallest absolute Gasteiger partial charge is 0.326 e. The normalized spacial score (nSPS) is 17.0. The van der Waals surface area contributed by atoms with Crippen molar-refractivity contribution in [2.45, 2.75) is 38.3 Å². The third-order valence-corrected chi connectivity index (χ3v) is 6.67. The highest BCUT2D eigenvalue weighted by atomic mass is 32.2. The van der Waals surface area contributed by atoms with Crippen LogP contribution in [0.1, 0.15) is 25.3 Å². The second-order valence-corrected chi connectivity index (χ2v) is 9.26. The fourth-order valence-corrected chi connectivity index (χ4v) is 4.59. The molecule has 1 fully saturated rings. The molecule has 1 aliphatic heterocycles. The zero-order valence-corrected chi connectivity index (χ0v) is 19.8. The largest absolute Gasteiger partial charge is 0.480 e. The van der Waals surface area contributed by atoms with E-state index in [-0.39, 0.29) is 23.3 Å². The Balaban J connectivity index is 1.54. The lowest BCUT2D eigenvalue weighted by atomic mass is 10.1. The number of rotatable bonds is 9. The van der Waals surface area contributed by atoms with E-state index in [2.05, 4.69) is 10.6 Å². The monoisotopic (exact) mass is 483 g/mol. The van der Waals surface area contributed by atoms with Crippen LogP contribution in [0.2, 0.25) is 0 Å². The van der Waals surface area contributed by atoms with Crippen LogP contribution in [0.4, 0.5) is 10.5 Å². The zero-order chi connectivity index (χ0) is 24.5. The molecule has 0 bridgehead atoms. The Morgan fingerprint density at radius 3 is 2.35 bits per heavy atom. The van der Waals surface area contributed by atoms with Crippen molar-refractivity contribution in [3.63, 3.8) is 0 Å². The van der Waals surface area contributed by atoms with Crippen LogP contribution in [0.15, 0.2) is 60.7 Å². The number of aliphatic carboxylic acids is 1. The minimum atomic E-state index is -1.12. The fraction of sp³-hybridized carbons (Fsp3) is 0.360. The van der Waals surface area contributed by atoms with E-state index in [1.54, 1.807) is 31.2 Å². The highest BCUT2D eigenvalue weighted by molar-refractivity contribution is 8.13. The summed E-state index contributed by atoms with van der Waals surface area (Å²) in [7, 11) is 0. The topological polar surface area (TPSA) is 116 Å². The van der Waals surface area contributed by atoms with Crippen LogP contribution < -0.4 is 10.6 Å². The molecule has 3 atom stereocenters. The number of thioether (sulfide) groups is 1. The second-order valence-electron chi connectivity index (χ2n) is 8.27. The molecule has 0 aliphatic carbocycles. The Bertz CT molecular complexity index is 1000. The van der Waals surface area contributed by atoms with Crippen LogP contribution in [-0.2, 0) is 20.8 Å². The van der Waals surface area contributed by atoms with Crippen LogP contribution in [0, 0.1) is 5.92 Å². The molecule has 0 radical (unpaired) electrons. The summed E-state index contributed by atoms with van der Waals surface area (Å²) in [6.45, 7) is 2.16. The van der Waals surface area contributed by atoms with Crippen molar-refractivity contribution in [1.82, 2.24) is 10.2 Å². The zero-order valence-electron chi connectivity index (χ0n) is 19.0. The van der Waals surface area contributed by atoms with Gasteiger partial charge in [-0.25, -0.2) is 4.79 Å². The summed E-state index contributed by atoms with van der Waals surface area (Å²) >= 11 is 1.02. The van der Waals surface area contributed by atoms with Crippen molar-refractivity contribution < 1.29 is 24.3 Å². The van der Waals surface area contributed by atoms with Gasteiger partial charge in [-0.05, 0) is 30.5 Å². The number of hydrogen-bond donors (Lipinski definition) is 3. The summed E-state index contributed by atoms with van der Waals surface area (Å²) in [6.07, 6.45) is 1.30. The molecular weight excluding hydrogens is 454 g/mol. The van der Waals surface area contributed by atoms with Crippen LogP contribution in [0.25, 0.3) is 0 Å². The van der Waals surface area contributed by atoms with Gasteiger partial charge in [0.1, 0.15) is 12.1 Å². The number of hydrogen-bond acceptors (Lipinski definition) is 5. The van der Waals surface area contributed by atoms with Gasteiger partial charge in [0.05, 0.1) is 0 Å². The first kappa shape index (κ1) is 25.3. The minimum absolute atomic E-state index is 0.159. The lowest BCUT2D eigenvalue weighted by Gasteiger charge is -2.27. The van der Waals surface area contributed by atoms with E-state index in [0.29, 0.717) is 25.1 Å². The van der Waals surface area contributed by atoms with E-state index in [1.807, 2.05) is 36.4 Å². The summed E-state index contributed by atoms with van der Waals surface area (Å²) < 4.78 is 0. The summed E-state index contributed by atoms with van der Waals surface area (Å²) in [5.41, 5.74) is 1.48. The van der Waals surface area contributed by atoms with Crippen LogP contribution in [0.5, 0.6) is 0 Å². The number of likely N-dealkylation sites (tertiary alicyclic amines) is 1. The van der Waals surface area contributed by atoms with Crippen molar-refractivity contribution >= 4 is 40.5 Å². The number of anilines is 1. The van der Waals surface area contributed by atoms with Gasteiger partial charge in [0.2, 0.25) is 11.8 Å². The summed E-state index contributed by atoms with van der Waals surface area (Å²) in [6, 6.07) is 16.3. The number of nitrogens with one attached hydrogen (secondary N) is 2. The van der Waals surface area contributed by atoms with Gasteiger partial charge in [-0.15, -0.1) is 0 Å². The molecular formula is C25H29N3O5S. The molecule has 1 heterocycles. The molecule has 3 amide bonds. The Kier molecular flexibility index (Phi) is 9.09. The number of para-hydroxylation sites is 1. The molecule has 0 spiro atoms. The Morgan fingerprint density at radius 1 is 1.06 bits per heavy atom. The van der Waals surface area contributed by atoms with E-state index in [0.717, 1.165) is 17.3 Å². The average Bonchev–Trinajstić information content (AvgIpc) is 3.33. The van der Waals surface area contributed by atoms with Gasteiger partial charge in [-0.3, -0.25) is 14.4 Å². The first-order valence-corrected chi connectivity index (χ1v) is 12.2. The highest BCUT2D eigenvalue weighted by Gasteiger charge is 2.37. The summed E-state index contributed by atoms with van der Waals surface area (Å²) in [5, 5.41) is 14.7. The number of carbonyl (C=O) groups is 4. The van der Waals surface area contributed by atoms with E-state index >= 15 is 0 Å². The predicted molar refractivity (Wildman–Crippen MR) is 132 cm³/mol. The van der Waals surface area contributed by atoms with E-state index in [4.69, 9.17) is 0 Å². The van der Waals surface area contributed by atoms with Crippen LogP contribution in [-0.4, -0.2) is 57.4 Å². The SMILES string of the molecule is CC(CSC(=O)Nc1ccccc1)C(=O)N1CCC[C@H]1C(=O)N[C@@H](Cc1ccccc1)C(=O)O. The van der Waals surface area contributed by atoms with Gasteiger partial charge in [-0.2, -0.15) is 0 Å². The number of benzene rings is 2. The highest BCUT2D eigenvalue weighted by Crippen LogP contribution is 2.23. The van der Waals surface area contributed by atoms with Crippen molar-refractivity contribution in [3.05, 3.63) is 66.2 Å². The maximum Gasteiger partial charge on any atom is 0.326 e. The lowest BCUT2D eigenvalue weighted by Crippen LogP contribution is -2.52. The van der Waals surface area contributed by atoms with E-state index < -0.39 is 29.9 Å². The molecule has 3 N–H and O–H groups in total. The predicted octanol–water partition coefficient (Wildman–Crippen LogP) is 3.39. The molecule has 3 rings (SSSR count). The van der Waals surface area contributed by atoms with Gasteiger partial charge in [0.15, 0.2) is 0 Å². The summed E-state index contributed by atoms with van der Waals surface area (Å²) in [4.78, 5) is 51.4. The van der Waals surface area contributed by atoms with Crippen molar-refractivity contribution in [2.75, 3.05) is 17.6 Å². The standard InChI is InChI=1S/C25H29N3O5S/c1-17(16-34-25(33)26-19-11-6-3-7-12-19)23(30)28-14-8-13-21(28)22(29)27-20(24(31)32)15-18-9-4-2-5-10-18/h2-7,9-12,17,20-21H,8,13-16H2,1H3,(H,26,33)(H,27,29)(H,31,32)/t17?,20-,21-/m0/s1. The van der Waals surface area contributed by atoms with Crippen molar-refractivity contribution in [3.8, 4) is 0 Å². The maximum absolute atomic E-state index is 13.0. The molecule has 180 valence electrons. The molecule has 34 heavy (non-hydrogen) atoms. The molecule has 9 heteroatoms. The molecule has 8 nitrogen and oxygen atoms in total. The molecule has 2 aromatic rings. The van der Waals surface area contributed by atoms with Gasteiger partial charge in [0, 0.05) is 30.3 Å². The Hall–Kier alpha value is -3.33. The average molecular weight is 484 g/mol. The first-order chi connectivity index (χ1) is 16.3. The maximum atomic E-state index is 13.0. The van der Waals surface area contributed by atoms with Crippen molar-refractivity contribution in [2.24, 2.45) is 5.92 Å². The molecule has 1 saturated heterocycles. The van der Waals surface area contributed by atoms with Gasteiger partial charge in [0.25, 0.3) is 5.24 Å². The third kappa shape index (κ3) is 7.08. The van der Waals surface area contributed by atoms with Crippen LogP contribution >= 0.6 is 11.8 Å². The van der Waals surface area contributed by atoms with E-state index in [1.165, 1.54) is 4.90 Å². The van der Waals surface area contributed by atoms with Gasteiger partial charge in [-0.1, -0.05) is 67.2 Å².